The van der Waals surface area contributed by atoms with Gasteiger partial charge >= 0.3 is 34.5 Å². The number of halogens is 4. The van der Waals surface area contributed by atoms with E-state index in [1.165, 1.54) is 0 Å². The van der Waals surface area contributed by atoms with E-state index in [9.17, 15) is 0 Å². The number of hydrogen-bond acceptors (Lipinski definition) is 0. The molecule has 0 saturated carbocycles. The summed E-state index contributed by atoms with van der Waals surface area (Å²) in [5.74, 6) is 0. The molecule has 0 aromatic rings. The molecule has 4 N–H and O–H groups in total. The first-order chi connectivity index (χ1) is 4.24. The van der Waals surface area contributed by atoms with E-state index >= 15 is 0 Å². The Morgan fingerprint density at radius 3 is 0.818 bits per heavy atom. The van der Waals surface area contributed by atoms with Gasteiger partial charge in [-0.15, -0.1) is 0 Å². The van der Waals surface area contributed by atoms with Gasteiger partial charge in [0.05, 0.1) is 28.2 Å². The molecule has 0 aliphatic carbocycles. The van der Waals surface area contributed by atoms with Crippen LogP contribution in [0.2, 0.25) is 0 Å². The molecule has 0 radical (unpaired) electrons. The fourth-order valence-corrected chi connectivity index (χ4v) is 0. The summed E-state index contributed by atoms with van der Waals surface area (Å²) >= 11 is -0.931. The zero-order chi connectivity index (χ0) is 8.12. The van der Waals surface area contributed by atoms with E-state index in [4.69, 9.17) is 19.4 Å². The number of rotatable bonds is 0. The number of hydrogen-bond donors (Lipinski definition) is 2. The van der Waals surface area contributed by atoms with Crippen LogP contribution in [-0.4, -0.2) is 28.2 Å². The average Bonchev–Trinajstić information content (AvgIpc) is 1.70. The summed E-state index contributed by atoms with van der Waals surface area (Å²) in [6.07, 6.45) is 0. The molecule has 0 aromatic heterocycles. The molecule has 0 atom stereocenters. The number of quaternary nitrogens is 2. The third-order valence-corrected chi connectivity index (χ3v) is 0. The molecule has 0 bridgehead atoms. The van der Waals surface area contributed by atoms with Gasteiger partial charge in [0.1, 0.15) is 0 Å². The van der Waals surface area contributed by atoms with Crippen molar-refractivity contribution in [3.8, 4) is 0 Å². The summed E-state index contributed by atoms with van der Waals surface area (Å²) in [6, 6.07) is 0. The Hall–Kier alpha value is 1.70. The normalized spacial score (nSPS) is 4.18. The molecule has 0 heterocycles. The van der Waals surface area contributed by atoms with Crippen molar-refractivity contribution >= 4 is 19.4 Å². The minimum absolute atomic E-state index is 0. The van der Waals surface area contributed by atoms with Crippen molar-refractivity contribution < 1.29 is 50.6 Å². The fourth-order valence-electron chi connectivity index (χ4n) is 0. The first-order valence-electron chi connectivity index (χ1n) is 2.84. The van der Waals surface area contributed by atoms with Crippen LogP contribution < -0.4 is 35.4 Å². The van der Waals surface area contributed by atoms with Gasteiger partial charge in [-0.05, 0) is 0 Å². The Labute approximate surface area is 97.7 Å². The predicted octanol–water partition coefficient (Wildman–Crippen LogP) is -7.00. The summed E-state index contributed by atoms with van der Waals surface area (Å²) in [5, 5.41) is 4.00. The summed E-state index contributed by atoms with van der Waals surface area (Å²) in [7, 11) is 17.9. The minimum atomic E-state index is -0.931. The number of nitrogens with two attached hydrogens (primary N) is 2. The molecule has 0 spiro atoms. The van der Waals surface area contributed by atoms with Crippen LogP contribution in [0.3, 0.4) is 0 Å². The third kappa shape index (κ3) is 380. The second-order valence-electron chi connectivity index (χ2n) is 1.26. The first-order valence-corrected chi connectivity index (χ1v) is 10.6. The van der Waals surface area contributed by atoms with Crippen molar-refractivity contribution in [1.82, 2.24) is 0 Å². The monoisotopic (exact) mass is 296 g/mol. The van der Waals surface area contributed by atoms with Gasteiger partial charge in [-0.3, -0.25) is 0 Å². The second-order valence-corrected chi connectivity index (χ2v) is 5.88. The van der Waals surface area contributed by atoms with E-state index in [1.54, 1.807) is 0 Å². The van der Waals surface area contributed by atoms with E-state index in [0.717, 1.165) is 0 Å². The summed E-state index contributed by atoms with van der Waals surface area (Å²) in [4.78, 5) is 0. The van der Waals surface area contributed by atoms with Crippen LogP contribution in [0.25, 0.3) is 0 Å². The van der Waals surface area contributed by atoms with E-state index < -0.39 is 15.1 Å². The van der Waals surface area contributed by atoms with Crippen molar-refractivity contribution in [2.75, 3.05) is 28.2 Å². The molecule has 0 saturated heterocycles. The van der Waals surface area contributed by atoms with Crippen LogP contribution in [0.4, 0.5) is 0 Å². The molecule has 0 amide bonds. The van der Waals surface area contributed by atoms with Crippen molar-refractivity contribution in [1.29, 1.82) is 0 Å². The third-order valence-electron chi connectivity index (χ3n) is 0. The average molecular weight is 299 g/mol. The maximum atomic E-state index is 4.95. The Kier molecular flexibility index (Phi) is 162. The summed E-state index contributed by atoms with van der Waals surface area (Å²) < 4.78 is 0. The Morgan fingerprint density at radius 1 is 0.818 bits per heavy atom. The molecule has 0 unspecified atom stereocenters. The Balaban J connectivity index is -0.0000000150. The van der Waals surface area contributed by atoms with Gasteiger partial charge in [0, 0.05) is 0 Å². The van der Waals surface area contributed by atoms with Gasteiger partial charge in [-0.1, -0.05) is 0 Å². The van der Waals surface area contributed by atoms with Crippen LogP contribution in [0.15, 0.2) is 0 Å². The molecule has 7 heteroatoms. The van der Waals surface area contributed by atoms with Crippen LogP contribution >= 0.6 is 19.4 Å². The van der Waals surface area contributed by atoms with Crippen LogP contribution in [0.5, 0.6) is 0 Å². The molecular formula is C4H16Cl4N2Zn. The zero-order valence-corrected chi connectivity index (χ0v) is 13.4. The van der Waals surface area contributed by atoms with Gasteiger partial charge < -0.3 is 35.4 Å². The topological polar surface area (TPSA) is 33.2 Å². The molecule has 0 fully saturated rings. The standard InChI is InChI=1S/2C2H7N.4ClH.Zn/c2*1-3-2;;;;;/h2*3H,1-2H3;4*1H;/q;;;;;;+2/p-2. The molecule has 11 heavy (non-hydrogen) atoms. The van der Waals surface area contributed by atoms with Gasteiger partial charge in [-0.2, -0.15) is 0 Å². The second kappa shape index (κ2) is 60.6. The molecule has 0 rings (SSSR count). The quantitative estimate of drug-likeness (QED) is 0.417. The molecule has 2 nitrogen and oxygen atoms in total. The van der Waals surface area contributed by atoms with Crippen molar-refractivity contribution in [3.05, 3.63) is 0 Å². The predicted molar refractivity (Wildman–Crippen MR) is 39.3 cm³/mol. The van der Waals surface area contributed by atoms with E-state index in [1.807, 2.05) is 38.8 Å². The maximum absolute atomic E-state index is 4.95. The van der Waals surface area contributed by atoms with Crippen molar-refractivity contribution in [3.63, 3.8) is 0 Å². The molecule has 0 aromatic carbocycles. The van der Waals surface area contributed by atoms with E-state index in [2.05, 4.69) is 0 Å². The van der Waals surface area contributed by atoms with E-state index in [-0.39, 0.29) is 24.8 Å². The zero-order valence-electron chi connectivity index (χ0n) is 7.37. The molecule has 72 valence electrons. The van der Waals surface area contributed by atoms with Crippen molar-refractivity contribution in [2.45, 2.75) is 0 Å². The van der Waals surface area contributed by atoms with Crippen LogP contribution in [0, 0.1) is 0 Å². The Morgan fingerprint density at radius 2 is 0.818 bits per heavy atom. The first kappa shape index (κ1) is 29.3. The van der Waals surface area contributed by atoms with Gasteiger partial charge in [-0.25, -0.2) is 0 Å². The molecular weight excluding hydrogens is 283 g/mol. The van der Waals surface area contributed by atoms with Crippen LogP contribution in [0.1, 0.15) is 0 Å². The Bertz CT molecular complexity index is 24.8. The van der Waals surface area contributed by atoms with Gasteiger partial charge in [0.15, 0.2) is 0 Å². The molecule has 0 aliphatic heterocycles. The van der Waals surface area contributed by atoms with Crippen LogP contribution in [-0.2, 0) is 15.1 Å². The van der Waals surface area contributed by atoms with Gasteiger partial charge in [0.25, 0.3) is 0 Å². The SMILES string of the molecule is C[NH2+]C.C[NH2+]C.[Cl-].[Cl-].[Cl][Zn][Cl]. The van der Waals surface area contributed by atoms with Crippen molar-refractivity contribution in [2.24, 2.45) is 0 Å². The van der Waals surface area contributed by atoms with E-state index in [0.29, 0.717) is 0 Å². The summed E-state index contributed by atoms with van der Waals surface area (Å²) in [5.41, 5.74) is 0. The summed E-state index contributed by atoms with van der Waals surface area (Å²) in [6.45, 7) is 0. The fraction of sp³-hybridized carbons (Fsp3) is 1.00. The van der Waals surface area contributed by atoms with Gasteiger partial charge in [0.2, 0.25) is 0 Å². The molecule has 0 aliphatic rings.